The quantitative estimate of drug-likeness (QED) is 0.434. The van der Waals surface area contributed by atoms with Crippen LogP contribution >= 0.6 is 11.3 Å². The van der Waals surface area contributed by atoms with Crippen molar-refractivity contribution in [2.24, 2.45) is 0 Å². The lowest BCUT2D eigenvalue weighted by Gasteiger charge is -2.15. The van der Waals surface area contributed by atoms with Gasteiger partial charge in [0.2, 0.25) is 10.0 Å². The summed E-state index contributed by atoms with van der Waals surface area (Å²) in [6, 6.07) is 12.0. The Balaban J connectivity index is 1.50. The number of thiazole rings is 1. The van der Waals surface area contributed by atoms with Crippen molar-refractivity contribution in [3.63, 3.8) is 0 Å². The second-order valence-electron chi connectivity index (χ2n) is 7.29. The summed E-state index contributed by atoms with van der Waals surface area (Å²) in [7, 11) is 0.530. The first-order valence-corrected chi connectivity index (χ1v) is 12.4. The summed E-state index contributed by atoms with van der Waals surface area (Å²) >= 11 is 1.59. The standard InChI is InChI=1S/C22H25N3O6S2/c1-25(2)33(28,29)15-11-12-18(30-3)17(13-15)23-20(26)14-31-22(27)10-6-9-21-24-16-7-4-5-8-19(16)32-21/h4-5,7-8,11-13H,6,9-10,14H2,1-3H3,(H,23,26). The summed E-state index contributed by atoms with van der Waals surface area (Å²) in [5.41, 5.74) is 1.10. The van der Waals surface area contributed by atoms with E-state index in [0.717, 1.165) is 19.5 Å². The molecule has 2 aromatic carbocycles. The van der Waals surface area contributed by atoms with Crippen molar-refractivity contribution in [2.45, 2.75) is 24.2 Å². The van der Waals surface area contributed by atoms with Crippen LogP contribution in [0.5, 0.6) is 5.75 Å². The fourth-order valence-electron chi connectivity index (χ4n) is 2.97. The highest BCUT2D eigenvalue weighted by Gasteiger charge is 2.20. The van der Waals surface area contributed by atoms with Gasteiger partial charge in [-0.1, -0.05) is 12.1 Å². The zero-order valence-corrected chi connectivity index (χ0v) is 20.2. The number of fused-ring (bicyclic) bond motifs is 1. The molecule has 0 unspecified atom stereocenters. The fourth-order valence-corrected chi connectivity index (χ4v) is 4.91. The smallest absolute Gasteiger partial charge is 0.306 e. The van der Waals surface area contributed by atoms with E-state index >= 15 is 0 Å². The maximum absolute atomic E-state index is 12.3. The van der Waals surface area contributed by atoms with Gasteiger partial charge in [0.25, 0.3) is 5.91 Å². The summed E-state index contributed by atoms with van der Waals surface area (Å²) in [4.78, 5) is 28.8. The zero-order chi connectivity index (χ0) is 24.0. The van der Waals surface area contributed by atoms with Gasteiger partial charge in [-0.25, -0.2) is 17.7 Å². The first kappa shape index (κ1) is 24.6. The summed E-state index contributed by atoms with van der Waals surface area (Å²) in [6.45, 7) is -0.492. The predicted molar refractivity (Wildman–Crippen MR) is 126 cm³/mol. The number of aryl methyl sites for hydroxylation is 1. The van der Waals surface area contributed by atoms with Crippen molar-refractivity contribution < 1.29 is 27.5 Å². The minimum atomic E-state index is -3.69. The first-order valence-electron chi connectivity index (χ1n) is 10.1. The number of hydrogen-bond acceptors (Lipinski definition) is 8. The summed E-state index contributed by atoms with van der Waals surface area (Å²) < 4.78 is 37.1. The SMILES string of the molecule is COc1ccc(S(=O)(=O)N(C)C)cc1NC(=O)COC(=O)CCCc1nc2ccccc2s1. The van der Waals surface area contributed by atoms with Crippen LogP contribution in [0, 0.1) is 0 Å². The van der Waals surface area contributed by atoms with Crippen molar-refractivity contribution >= 4 is 49.1 Å². The molecule has 1 aromatic heterocycles. The molecule has 0 bridgehead atoms. The molecule has 1 heterocycles. The van der Waals surface area contributed by atoms with Crippen LogP contribution in [0.1, 0.15) is 17.8 Å². The molecule has 0 fully saturated rings. The Hall–Kier alpha value is -3.02. The Morgan fingerprint density at radius 3 is 2.61 bits per heavy atom. The predicted octanol–water partition coefficient (Wildman–Crippen LogP) is 3.06. The van der Waals surface area contributed by atoms with Crippen molar-refractivity contribution in [1.82, 2.24) is 9.29 Å². The molecule has 0 aliphatic rings. The van der Waals surface area contributed by atoms with Crippen molar-refractivity contribution in [3.8, 4) is 5.75 Å². The van der Waals surface area contributed by atoms with E-state index in [1.54, 1.807) is 11.3 Å². The molecule has 3 aromatic rings. The van der Waals surface area contributed by atoms with Gasteiger partial charge in [0, 0.05) is 20.5 Å². The maximum Gasteiger partial charge on any atom is 0.306 e. The third kappa shape index (κ3) is 6.28. The summed E-state index contributed by atoms with van der Waals surface area (Å²) in [5.74, 6) is -0.822. The lowest BCUT2D eigenvalue weighted by Crippen LogP contribution is -2.23. The van der Waals surface area contributed by atoms with Gasteiger partial charge in [-0.3, -0.25) is 9.59 Å². The van der Waals surface area contributed by atoms with E-state index < -0.39 is 28.5 Å². The molecule has 33 heavy (non-hydrogen) atoms. The molecule has 176 valence electrons. The molecule has 0 radical (unpaired) electrons. The molecular weight excluding hydrogens is 466 g/mol. The van der Waals surface area contributed by atoms with Crippen LogP contribution in [0.2, 0.25) is 0 Å². The number of hydrogen-bond donors (Lipinski definition) is 1. The number of sulfonamides is 1. The normalized spacial score (nSPS) is 11.5. The van der Waals surface area contributed by atoms with E-state index in [4.69, 9.17) is 9.47 Å². The molecule has 0 spiro atoms. The maximum atomic E-state index is 12.3. The van der Waals surface area contributed by atoms with Crippen molar-refractivity contribution in [1.29, 1.82) is 0 Å². The zero-order valence-electron chi connectivity index (χ0n) is 18.5. The Labute approximate surface area is 196 Å². The van der Waals surface area contributed by atoms with Gasteiger partial charge in [-0.05, 0) is 43.2 Å². The number of para-hydroxylation sites is 1. The number of carbonyl (C=O) groups is 2. The summed E-state index contributed by atoms with van der Waals surface area (Å²) in [6.07, 6.45) is 1.35. The van der Waals surface area contributed by atoms with Crippen LogP contribution in [0.25, 0.3) is 10.2 Å². The van der Waals surface area contributed by atoms with Crippen LogP contribution in [-0.2, 0) is 30.8 Å². The van der Waals surface area contributed by atoms with Gasteiger partial charge in [0.15, 0.2) is 6.61 Å². The highest BCUT2D eigenvalue weighted by molar-refractivity contribution is 7.89. The molecule has 11 heteroatoms. The molecule has 0 atom stereocenters. The van der Waals surface area contributed by atoms with Crippen molar-refractivity contribution in [3.05, 3.63) is 47.5 Å². The van der Waals surface area contributed by atoms with Crippen LogP contribution in [0.4, 0.5) is 5.69 Å². The van der Waals surface area contributed by atoms with E-state index in [0.29, 0.717) is 12.8 Å². The highest BCUT2D eigenvalue weighted by Crippen LogP contribution is 2.28. The number of benzene rings is 2. The number of anilines is 1. The minimum absolute atomic E-state index is 0.00422. The summed E-state index contributed by atoms with van der Waals surface area (Å²) in [5, 5.41) is 3.48. The number of methoxy groups -OCH3 is 1. The van der Waals surface area contributed by atoms with Gasteiger partial charge >= 0.3 is 5.97 Å². The monoisotopic (exact) mass is 491 g/mol. The number of amides is 1. The third-order valence-electron chi connectivity index (χ3n) is 4.70. The average molecular weight is 492 g/mol. The molecular formula is C22H25N3O6S2. The van der Waals surface area contributed by atoms with E-state index in [2.05, 4.69) is 10.3 Å². The van der Waals surface area contributed by atoms with Crippen LogP contribution in [0.15, 0.2) is 47.4 Å². The van der Waals surface area contributed by atoms with Gasteiger partial charge in [0.1, 0.15) is 5.75 Å². The molecule has 0 aliphatic heterocycles. The molecule has 0 saturated carbocycles. The number of rotatable bonds is 10. The Morgan fingerprint density at radius 2 is 1.91 bits per heavy atom. The molecule has 1 amide bonds. The molecule has 1 N–H and O–H groups in total. The lowest BCUT2D eigenvalue weighted by molar-refractivity contribution is -0.147. The number of carbonyl (C=O) groups excluding carboxylic acids is 2. The van der Waals surface area contributed by atoms with E-state index in [-0.39, 0.29) is 22.8 Å². The van der Waals surface area contributed by atoms with E-state index in [1.807, 2.05) is 24.3 Å². The van der Waals surface area contributed by atoms with Crippen LogP contribution in [-0.4, -0.2) is 57.4 Å². The van der Waals surface area contributed by atoms with Crippen LogP contribution in [0.3, 0.4) is 0 Å². The van der Waals surface area contributed by atoms with Crippen LogP contribution < -0.4 is 10.1 Å². The molecule has 9 nitrogen and oxygen atoms in total. The Kier molecular flexibility index (Phi) is 8.01. The second-order valence-corrected chi connectivity index (χ2v) is 10.6. The number of nitrogens with zero attached hydrogens (tertiary/aromatic N) is 2. The van der Waals surface area contributed by atoms with Gasteiger partial charge in [-0.15, -0.1) is 11.3 Å². The average Bonchev–Trinajstić information content (AvgIpc) is 3.20. The minimum Gasteiger partial charge on any atom is -0.495 e. The van der Waals surface area contributed by atoms with E-state index in [1.165, 1.54) is 39.4 Å². The Bertz CT molecular complexity index is 1220. The largest absolute Gasteiger partial charge is 0.495 e. The number of esters is 1. The van der Waals surface area contributed by atoms with E-state index in [9.17, 15) is 18.0 Å². The van der Waals surface area contributed by atoms with Gasteiger partial charge < -0.3 is 14.8 Å². The van der Waals surface area contributed by atoms with Gasteiger partial charge in [-0.2, -0.15) is 0 Å². The molecule has 0 aliphatic carbocycles. The first-order chi connectivity index (χ1) is 15.7. The second kappa shape index (κ2) is 10.7. The molecule has 3 rings (SSSR count). The Morgan fingerprint density at radius 1 is 1.15 bits per heavy atom. The van der Waals surface area contributed by atoms with Crippen molar-refractivity contribution in [2.75, 3.05) is 33.1 Å². The number of nitrogens with one attached hydrogen (secondary N) is 1. The van der Waals surface area contributed by atoms with Gasteiger partial charge in [0.05, 0.1) is 32.9 Å². The third-order valence-corrected chi connectivity index (χ3v) is 7.60. The number of ether oxygens (including phenoxy) is 2. The lowest BCUT2D eigenvalue weighted by atomic mass is 10.2. The fraction of sp³-hybridized carbons (Fsp3) is 0.318. The topological polar surface area (TPSA) is 115 Å². The number of aromatic nitrogens is 1. The highest BCUT2D eigenvalue weighted by atomic mass is 32.2. The molecule has 0 saturated heterocycles.